The van der Waals surface area contributed by atoms with Crippen LogP contribution in [0, 0.1) is 6.92 Å². The molecule has 0 unspecified atom stereocenters. The van der Waals surface area contributed by atoms with Crippen LogP contribution in [0.2, 0.25) is 0 Å². The first-order chi connectivity index (χ1) is 9.38. The van der Waals surface area contributed by atoms with Gasteiger partial charge in [0.25, 0.3) is 10.0 Å². The first kappa shape index (κ1) is 14.6. The lowest BCUT2D eigenvalue weighted by atomic mass is 10.2. The summed E-state index contributed by atoms with van der Waals surface area (Å²) in [5, 5.41) is 9.49. The van der Waals surface area contributed by atoms with Crippen molar-refractivity contribution in [2.24, 2.45) is 0 Å². The second-order valence-electron chi connectivity index (χ2n) is 3.86. The van der Waals surface area contributed by atoms with Gasteiger partial charge >= 0.3 is 5.97 Å². The highest BCUT2D eigenvalue weighted by Gasteiger charge is 2.17. The van der Waals surface area contributed by atoms with Crippen molar-refractivity contribution >= 4 is 27.3 Å². The molecule has 2 rings (SSSR count). The molecule has 2 heterocycles. The van der Waals surface area contributed by atoms with Crippen LogP contribution in [0.1, 0.15) is 21.1 Å². The molecule has 20 heavy (non-hydrogen) atoms. The summed E-state index contributed by atoms with van der Waals surface area (Å²) in [5.41, 5.74) is 0.387. The molecule has 0 aliphatic carbocycles. The van der Waals surface area contributed by atoms with Gasteiger partial charge in [0.05, 0.1) is 29.0 Å². The minimum absolute atomic E-state index is 0.0582. The van der Waals surface area contributed by atoms with E-state index in [0.29, 0.717) is 10.7 Å². The molecule has 2 aromatic rings. The third-order valence-corrected chi connectivity index (χ3v) is 5.15. The highest BCUT2D eigenvalue weighted by atomic mass is 32.2. The summed E-state index contributed by atoms with van der Waals surface area (Å²) in [6.07, 6.45) is 2.60. The molecule has 7 nitrogen and oxygen atoms in total. The number of rotatable bonds is 5. The maximum absolute atomic E-state index is 12.0. The fraction of sp³-hybridized carbons (Fsp3) is 0.182. The van der Waals surface area contributed by atoms with Crippen LogP contribution in [-0.2, 0) is 16.6 Å². The number of hydrogen-bond acceptors (Lipinski definition) is 6. The average molecular weight is 313 g/mol. The molecule has 0 aromatic carbocycles. The fourth-order valence-corrected chi connectivity index (χ4v) is 3.57. The molecule has 9 heteroatoms. The monoisotopic (exact) mass is 313 g/mol. The van der Waals surface area contributed by atoms with Crippen molar-refractivity contribution in [2.45, 2.75) is 17.7 Å². The summed E-state index contributed by atoms with van der Waals surface area (Å²) < 4.78 is 26.4. The van der Waals surface area contributed by atoms with Crippen LogP contribution in [0.25, 0.3) is 0 Å². The molecule has 0 amide bonds. The molecule has 0 fully saturated rings. The van der Waals surface area contributed by atoms with Gasteiger partial charge in [-0.2, -0.15) is 0 Å². The Hall–Kier alpha value is -1.84. The van der Waals surface area contributed by atoms with Gasteiger partial charge in [0.15, 0.2) is 4.21 Å². The van der Waals surface area contributed by atoms with E-state index in [-0.39, 0.29) is 16.3 Å². The number of carboxylic acids is 1. The zero-order valence-electron chi connectivity index (χ0n) is 10.4. The summed E-state index contributed by atoms with van der Waals surface area (Å²) in [6, 6.07) is 2.66. The van der Waals surface area contributed by atoms with E-state index in [1.54, 1.807) is 6.92 Å². The van der Waals surface area contributed by atoms with Gasteiger partial charge in [-0.15, -0.1) is 11.3 Å². The van der Waals surface area contributed by atoms with Gasteiger partial charge in [0.2, 0.25) is 0 Å². The molecule has 0 radical (unpaired) electrons. The largest absolute Gasteiger partial charge is 0.478 e. The Labute approximate surface area is 119 Å². The lowest BCUT2D eigenvalue weighted by Crippen LogP contribution is -2.23. The number of aromatic carboxylic acids is 1. The van der Waals surface area contributed by atoms with Gasteiger partial charge in [-0.3, -0.25) is 4.98 Å². The number of carboxylic acid groups (broad SMARTS) is 1. The predicted molar refractivity (Wildman–Crippen MR) is 72.1 cm³/mol. The van der Waals surface area contributed by atoms with E-state index < -0.39 is 16.0 Å². The Balaban J connectivity index is 2.12. The standard InChI is InChI=1S/C11H11N3O4S2/c1-7-13-6-10(19-7)20(17,18)14-5-9-4-8(11(15)16)2-3-12-9/h2-4,6,14H,5H2,1H3,(H,15,16). The van der Waals surface area contributed by atoms with Crippen molar-refractivity contribution in [3.05, 3.63) is 40.8 Å². The van der Waals surface area contributed by atoms with Crippen molar-refractivity contribution in [1.29, 1.82) is 0 Å². The number of hydrogen-bond donors (Lipinski definition) is 2. The van der Waals surface area contributed by atoms with E-state index in [9.17, 15) is 13.2 Å². The van der Waals surface area contributed by atoms with Gasteiger partial charge in [-0.1, -0.05) is 0 Å². The van der Waals surface area contributed by atoms with E-state index in [4.69, 9.17) is 5.11 Å². The number of aromatic nitrogens is 2. The maximum Gasteiger partial charge on any atom is 0.335 e. The Kier molecular flexibility index (Phi) is 4.12. The predicted octanol–water partition coefficient (Wildman–Crippen LogP) is 1.02. The second-order valence-corrected chi connectivity index (χ2v) is 7.09. The van der Waals surface area contributed by atoms with Crippen molar-refractivity contribution < 1.29 is 18.3 Å². The van der Waals surface area contributed by atoms with E-state index in [0.717, 1.165) is 11.3 Å². The summed E-state index contributed by atoms with van der Waals surface area (Å²) in [7, 11) is -3.65. The summed E-state index contributed by atoms with van der Waals surface area (Å²) in [6.45, 7) is 1.63. The smallest absolute Gasteiger partial charge is 0.335 e. The molecule has 2 aromatic heterocycles. The van der Waals surface area contributed by atoms with E-state index >= 15 is 0 Å². The zero-order valence-corrected chi connectivity index (χ0v) is 12.0. The Morgan fingerprint density at radius 1 is 1.45 bits per heavy atom. The van der Waals surface area contributed by atoms with Crippen LogP contribution in [0.5, 0.6) is 0 Å². The molecule has 106 valence electrons. The topological polar surface area (TPSA) is 109 Å². The van der Waals surface area contributed by atoms with Crippen LogP contribution < -0.4 is 4.72 Å². The third kappa shape index (κ3) is 3.38. The number of aryl methyl sites for hydroxylation is 1. The third-order valence-electron chi connectivity index (χ3n) is 2.37. The van der Waals surface area contributed by atoms with Crippen molar-refractivity contribution in [3.8, 4) is 0 Å². The number of carbonyl (C=O) groups is 1. The normalized spacial score (nSPS) is 11.4. The summed E-state index contributed by atoms with van der Waals surface area (Å²) in [4.78, 5) is 18.6. The van der Waals surface area contributed by atoms with Crippen LogP contribution in [-0.4, -0.2) is 29.5 Å². The SMILES string of the molecule is Cc1ncc(S(=O)(=O)NCc2cc(C(=O)O)ccn2)s1. The van der Waals surface area contributed by atoms with E-state index in [1.165, 1.54) is 24.5 Å². The van der Waals surface area contributed by atoms with Gasteiger partial charge in [-0.05, 0) is 19.1 Å². The van der Waals surface area contributed by atoms with E-state index in [2.05, 4.69) is 14.7 Å². The van der Waals surface area contributed by atoms with Crippen molar-refractivity contribution in [3.63, 3.8) is 0 Å². The Morgan fingerprint density at radius 3 is 2.80 bits per heavy atom. The molecular weight excluding hydrogens is 302 g/mol. The molecule has 0 saturated heterocycles. The highest BCUT2D eigenvalue weighted by molar-refractivity contribution is 7.91. The number of nitrogens with zero attached hydrogens (tertiary/aromatic N) is 2. The van der Waals surface area contributed by atoms with Crippen LogP contribution >= 0.6 is 11.3 Å². The Morgan fingerprint density at radius 2 is 2.20 bits per heavy atom. The second kappa shape index (κ2) is 5.65. The van der Waals surface area contributed by atoms with Crippen molar-refractivity contribution in [2.75, 3.05) is 0 Å². The molecule has 0 atom stereocenters. The molecule has 0 aliphatic heterocycles. The van der Waals surface area contributed by atoms with Gasteiger partial charge in [0, 0.05) is 6.20 Å². The van der Waals surface area contributed by atoms with Crippen molar-refractivity contribution in [1.82, 2.24) is 14.7 Å². The number of nitrogens with one attached hydrogen (secondary N) is 1. The van der Waals surface area contributed by atoms with E-state index in [1.807, 2.05) is 0 Å². The average Bonchev–Trinajstić information content (AvgIpc) is 2.84. The fourth-order valence-electron chi connectivity index (χ4n) is 1.41. The zero-order chi connectivity index (χ0) is 14.8. The molecular formula is C11H11N3O4S2. The maximum atomic E-state index is 12.0. The lowest BCUT2D eigenvalue weighted by molar-refractivity contribution is 0.0696. The minimum atomic E-state index is -3.65. The van der Waals surface area contributed by atoms with Gasteiger partial charge < -0.3 is 5.11 Å². The first-order valence-corrected chi connectivity index (χ1v) is 7.79. The number of sulfonamides is 1. The Bertz CT molecular complexity index is 740. The molecule has 0 bridgehead atoms. The summed E-state index contributed by atoms with van der Waals surface area (Å²) in [5.74, 6) is -1.09. The highest BCUT2D eigenvalue weighted by Crippen LogP contribution is 2.17. The molecule has 2 N–H and O–H groups in total. The molecule has 0 saturated carbocycles. The molecule has 0 spiro atoms. The van der Waals surface area contributed by atoms with Crippen LogP contribution in [0.3, 0.4) is 0 Å². The quantitative estimate of drug-likeness (QED) is 0.853. The first-order valence-electron chi connectivity index (χ1n) is 5.49. The summed E-state index contributed by atoms with van der Waals surface area (Å²) >= 11 is 1.06. The van der Waals surface area contributed by atoms with Crippen LogP contribution in [0.15, 0.2) is 28.7 Å². The lowest BCUT2D eigenvalue weighted by Gasteiger charge is -2.04. The molecule has 0 aliphatic rings. The number of thiazole rings is 1. The van der Waals surface area contributed by atoms with Crippen LogP contribution in [0.4, 0.5) is 0 Å². The van der Waals surface area contributed by atoms with Gasteiger partial charge in [-0.25, -0.2) is 22.9 Å². The van der Waals surface area contributed by atoms with Gasteiger partial charge in [0.1, 0.15) is 0 Å². The number of pyridine rings is 1. The minimum Gasteiger partial charge on any atom is -0.478 e.